The lowest BCUT2D eigenvalue weighted by Gasteiger charge is -2.17. The fraction of sp³-hybridized carbons (Fsp3) is 0.727. The van der Waals surface area contributed by atoms with Crippen LogP contribution in [0.4, 0.5) is 0 Å². The van der Waals surface area contributed by atoms with Crippen molar-refractivity contribution < 1.29 is 0 Å². The van der Waals surface area contributed by atoms with Crippen molar-refractivity contribution in [1.82, 2.24) is 9.78 Å². The average Bonchev–Trinajstić information content (AvgIpc) is 2.77. The van der Waals surface area contributed by atoms with Crippen molar-refractivity contribution in [2.24, 2.45) is 12.5 Å². The first kappa shape index (κ1) is 10.2. The van der Waals surface area contributed by atoms with Gasteiger partial charge in [-0.3, -0.25) is 4.68 Å². The van der Waals surface area contributed by atoms with Crippen LogP contribution >= 0.6 is 15.9 Å². The molecule has 1 saturated carbocycles. The van der Waals surface area contributed by atoms with E-state index in [9.17, 15) is 0 Å². The molecule has 0 bridgehead atoms. The molecule has 78 valence electrons. The maximum Gasteiger partial charge on any atom is 0.0596 e. The highest BCUT2D eigenvalue weighted by Crippen LogP contribution is 2.53. The first-order valence-electron chi connectivity index (χ1n) is 5.17. The molecule has 0 amide bonds. The first-order valence-corrected chi connectivity index (χ1v) is 6.09. The molecule has 1 aromatic rings. The Morgan fingerprint density at radius 3 is 2.64 bits per heavy atom. The number of rotatable bonds is 3. The second-order valence-electron chi connectivity index (χ2n) is 4.56. The summed E-state index contributed by atoms with van der Waals surface area (Å²) in [7, 11) is 2.04. The van der Waals surface area contributed by atoms with E-state index < -0.39 is 0 Å². The number of halogens is 1. The predicted octanol–water partition coefficient (Wildman–Crippen LogP) is 2.83. The molecule has 1 aliphatic rings. The van der Waals surface area contributed by atoms with Crippen molar-refractivity contribution in [2.45, 2.75) is 37.9 Å². The third-order valence-corrected chi connectivity index (χ3v) is 4.34. The number of nitrogens with zero attached hydrogens (tertiary/aromatic N) is 2. The minimum absolute atomic E-state index is 0.514. The Morgan fingerprint density at radius 2 is 2.29 bits per heavy atom. The molecular formula is C11H17BrN2. The Bertz CT molecular complexity index is 337. The molecule has 0 radical (unpaired) electrons. The quantitative estimate of drug-likeness (QED) is 0.761. The van der Waals surface area contributed by atoms with Crippen LogP contribution < -0.4 is 0 Å². The van der Waals surface area contributed by atoms with Crippen LogP contribution in [0.5, 0.6) is 0 Å². The lowest BCUT2D eigenvalue weighted by molar-refractivity contribution is 0.487. The molecule has 2 rings (SSSR count). The van der Waals surface area contributed by atoms with Gasteiger partial charge in [0.05, 0.1) is 5.69 Å². The Labute approximate surface area is 93.8 Å². The maximum atomic E-state index is 4.38. The SMILES string of the molecule is Cc1cc(CC2(C(C)Br)CC2)n(C)n1. The van der Waals surface area contributed by atoms with E-state index in [1.807, 2.05) is 11.7 Å². The Kier molecular flexibility index (Phi) is 2.46. The van der Waals surface area contributed by atoms with Crippen LogP contribution in [0, 0.1) is 12.3 Å². The summed E-state index contributed by atoms with van der Waals surface area (Å²) < 4.78 is 2.02. The summed E-state index contributed by atoms with van der Waals surface area (Å²) >= 11 is 3.72. The smallest absolute Gasteiger partial charge is 0.0596 e. The summed E-state index contributed by atoms with van der Waals surface area (Å²) in [6.07, 6.45) is 3.87. The van der Waals surface area contributed by atoms with Crippen LogP contribution in [0.2, 0.25) is 0 Å². The highest BCUT2D eigenvalue weighted by Gasteiger charge is 2.46. The van der Waals surface area contributed by atoms with E-state index in [-0.39, 0.29) is 0 Å². The fourth-order valence-electron chi connectivity index (χ4n) is 2.07. The average molecular weight is 257 g/mol. The van der Waals surface area contributed by atoms with Crippen LogP contribution in [-0.4, -0.2) is 14.6 Å². The van der Waals surface area contributed by atoms with Gasteiger partial charge in [0.15, 0.2) is 0 Å². The molecule has 1 aliphatic carbocycles. The second kappa shape index (κ2) is 3.37. The van der Waals surface area contributed by atoms with E-state index in [0.29, 0.717) is 10.2 Å². The molecule has 1 atom stereocenters. The molecular weight excluding hydrogens is 240 g/mol. The topological polar surface area (TPSA) is 17.8 Å². The zero-order valence-electron chi connectivity index (χ0n) is 9.05. The highest BCUT2D eigenvalue weighted by molar-refractivity contribution is 9.09. The molecule has 0 spiro atoms. The molecule has 0 saturated heterocycles. The van der Waals surface area contributed by atoms with Gasteiger partial charge in [0.25, 0.3) is 0 Å². The van der Waals surface area contributed by atoms with Crippen molar-refractivity contribution in [1.29, 1.82) is 0 Å². The number of aromatic nitrogens is 2. The van der Waals surface area contributed by atoms with Gasteiger partial charge in [-0.05, 0) is 37.7 Å². The van der Waals surface area contributed by atoms with E-state index in [1.165, 1.54) is 18.5 Å². The summed E-state index contributed by atoms with van der Waals surface area (Å²) in [5.41, 5.74) is 3.01. The molecule has 1 aromatic heterocycles. The minimum atomic E-state index is 0.514. The van der Waals surface area contributed by atoms with Crippen molar-refractivity contribution in [3.63, 3.8) is 0 Å². The van der Waals surface area contributed by atoms with E-state index >= 15 is 0 Å². The van der Waals surface area contributed by atoms with Gasteiger partial charge in [-0.2, -0.15) is 5.10 Å². The zero-order valence-corrected chi connectivity index (χ0v) is 10.6. The molecule has 1 heterocycles. The molecule has 1 unspecified atom stereocenters. The Balaban J connectivity index is 2.15. The van der Waals surface area contributed by atoms with E-state index in [2.05, 4.69) is 40.9 Å². The van der Waals surface area contributed by atoms with Gasteiger partial charge in [-0.15, -0.1) is 0 Å². The van der Waals surface area contributed by atoms with Gasteiger partial charge < -0.3 is 0 Å². The Morgan fingerprint density at radius 1 is 1.64 bits per heavy atom. The third kappa shape index (κ3) is 1.74. The predicted molar refractivity (Wildman–Crippen MR) is 61.7 cm³/mol. The van der Waals surface area contributed by atoms with Crippen molar-refractivity contribution in [3.05, 3.63) is 17.5 Å². The summed E-state index contributed by atoms with van der Waals surface area (Å²) in [5, 5.41) is 4.38. The lowest BCUT2D eigenvalue weighted by atomic mass is 9.97. The number of hydrogen-bond acceptors (Lipinski definition) is 1. The van der Waals surface area contributed by atoms with E-state index in [4.69, 9.17) is 0 Å². The Hall–Kier alpha value is -0.310. The summed E-state index contributed by atoms with van der Waals surface area (Å²) in [5.74, 6) is 0. The van der Waals surface area contributed by atoms with Gasteiger partial charge in [0.2, 0.25) is 0 Å². The lowest BCUT2D eigenvalue weighted by Crippen LogP contribution is -2.17. The van der Waals surface area contributed by atoms with Crippen LogP contribution in [0.15, 0.2) is 6.07 Å². The highest BCUT2D eigenvalue weighted by atomic mass is 79.9. The summed E-state index contributed by atoms with van der Waals surface area (Å²) in [4.78, 5) is 0.616. The van der Waals surface area contributed by atoms with Crippen molar-refractivity contribution >= 4 is 15.9 Å². The standard InChI is InChI=1S/C11H17BrN2/c1-8-6-10(14(3)13-8)7-11(4-5-11)9(2)12/h6,9H,4-5,7H2,1-3H3. The van der Waals surface area contributed by atoms with Gasteiger partial charge in [-0.25, -0.2) is 0 Å². The molecule has 0 aromatic carbocycles. The maximum absolute atomic E-state index is 4.38. The normalized spacial score (nSPS) is 20.9. The monoisotopic (exact) mass is 256 g/mol. The molecule has 2 nitrogen and oxygen atoms in total. The molecule has 0 aliphatic heterocycles. The van der Waals surface area contributed by atoms with Crippen LogP contribution in [-0.2, 0) is 13.5 Å². The summed E-state index contributed by atoms with van der Waals surface area (Å²) in [6.45, 7) is 4.32. The van der Waals surface area contributed by atoms with Crippen LogP contribution in [0.25, 0.3) is 0 Å². The van der Waals surface area contributed by atoms with E-state index in [1.54, 1.807) is 0 Å². The largest absolute Gasteiger partial charge is 0.272 e. The molecule has 1 fully saturated rings. The van der Waals surface area contributed by atoms with Gasteiger partial charge in [-0.1, -0.05) is 22.9 Å². The summed E-state index contributed by atoms with van der Waals surface area (Å²) in [6, 6.07) is 2.20. The third-order valence-electron chi connectivity index (χ3n) is 3.37. The number of hydrogen-bond donors (Lipinski definition) is 0. The van der Waals surface area contributed by atoms with Crippen LogP contribution in [0.3, 0.4) is 0 Å². The first-order chi connectivity index (χ1) is 6.53. The van der Waals surface area contributed by atoms with Gasteiger partial charge in [0, 0.05) is 17.6 Å². The van der Waals surface area contributed by atoms with Crippen molar-refractivity contribution in [3.8, 4) is 0 Å². The molecule has 14 heavy (non-hydrogen) atoms. The molecule has 0 N–H and O–H groups in total. The van der Waals surface area contributed by atoms with Gasteiger partial charge >= 0.3 is 0 Å². The zero-order chi connectivity index (χ0) is 10.3. The second-order valence-corrected chi connectivity index (χ2v) is 5.93. The minimum Gasteiger partial charge on any atom is -0.272 e. The van der Waals surface area contributed by atoms with E-state index in [0.717, 1.165) is 12.1 Å². The number of alkyl halides is 1. The van der Waals surface area contributed by atoms with Crippen molar-refractivity contribution in [2.75, 3.05) is 0 Å². The number of aryl methyl sites for hydroxylation is 2. The van der Waals surface area contributed by atoms with Crippen LogP contribution in [0.1, 0.15) is 31.2 Å². The molecule has 3 heteroatoms. The van der Waals surface area contributed by atoms with Gasteiger partial charge in [0.1, 0.15) is 0 Å². The fourth-order valence-corrected chi connectivity index (χ4v) is 2.69.